The first kappa shape index (κ1) is 23.1. The number of ether oxygens (including phenoxy) is 2. The molecule has 0 unspecified atom stereocenters. The van der Waals surface area contributed by atoms with E-state index >= 15 is 0 Å². The summed E-state index contributed by atoms with van der Waals surface area (Å²) in [6.07, 6.45) is -2.71. The molecule has 1 aromatic heterocycles. The highest BCUT2D eigenvalue weighted by Crippen LogP contribution is 2.44. The number of hydrogen-bond donors (Lipinski definition) is 2. The Morgan fingerprint density at radius 2 is 1.83 bits per heavy atom. The Balaban J connectivity index is 1.37. The summed E-state index contributed by atoms with van der Waals surface area (Å²) in [7, 11) is 0. The number of amides is 1. The van der Waals surface area contributed by atoms with Crippen LogP contribution in [0.15, 0.2) is 48.7 Å². The van der Waals surface area contributed by atoms with Crippen LogP contribution in [0, 0.1) is 0 Å². The fourth-order valence-corrected chi connectivity index (χ4v) is 4.41. The Hall–Kier alpha value is -3.69. The molecule has 1 amide bonds. The predicted octanol–water partition coefficient (Wildman–Crippen LogP) is 4.81. The van der Waals surface area contributed by atoms with Crippen molar-refractivity contribution in [3.8, 4) is 11.5 Å². The minimum Gasteiger partial charge on any atom is -0.486 e. The van der Waals surface area contributed by atoms with Crippen molar-refractivity contribution >= 4 is 11.7 Å². The van der Waals surface area contributed by atoms with E-state index in [9.17, 15) is 18.0 Å². The number of rotatable bonds is 5. The number of carbonyl (C=O) groups excluding carboxylic acids is 1. The van der Waals surface area contributed by atoms with E-state index in [1.165, 1.54) is 6.20 Å². The van der Waals surface area contributed by atoms with Crippen LogP contribution in [0.2, 0.25) is 0 Å². The lowest BCUT2D eigenvalue weighted by Crippen LogP contribution is -2.36. The third kappa shape index (κ3) is 4.65. The van der Waals surface area contributed by atoms with E-state index in [1.54, 1.807) is 18.2 Å². The molecule has 2 aliphatic rings. The number of anilines is 1. The molecule has 2 atom stereocenters. The molecule has 10 heteroatoms. The standard InChI is InChI=1S/C25H25F3N4O3/c1-2-15-3-6-17(7-4-15)19-12-22(25(26,27)28)32-23(31-19)18(14-30-32)24(33)29-13-16-5-8-20-21(11-16)35-10-9-34-20/h3-8,11,14,19,22,31H,2,9-10,12-13H2,1H3,(H,29,33)/t19-,22+/m0/s1. The van der Waals surface area contributed by atoms with Gasteiger partial charge < -0.3 is 20.1 Å². The summed E-state index contributed by atoms with van der Waals surface area (Å²) in [5, 5.41) is 9.83. The summed E-state index contributed by atoms with van der Waals surface area (Å²) < 4.78 is 53.7. The maximum absolute atomic E-state index is 13.9. The number of nitrogens with one attached hydrogen (secondary N) is 2. The highest BCUT2D eigenvalue weighted by atomic mass is 19.4. The molecule has 0 radical (unpaired) electrons. The van der Waals surface area contributed by atoms with E-state index in [0.717, 1.165) is 27.8 Å². The van der Waals surface area contributed by atoms with Gasteiger partial charge in [0.2, 0.25) is 0 Å². The summed E-state index contributed by atoms with van der Waals surface area (Å²) in [6.45, 7) is 3.11. The van der Waals surface area contributed by atoms with Crippen molar-refractivity contribution in [2.75, 3.05) is 18.5 Å². The molecule has 0 saturated heterocycles. The second kappa shape index (κ2) is 9.16. The van der Waals surface area contributed by atoms with Gasteiger partial charge in [0, 0.05) is 13.0 Å². The molecule has 0 spiro atoms. The molecule has 0 fully saturated rings. The number of carbonyl (C=O) groups is 1. The Kier molecular flexibility index (Phi) is 6.04. The van der Waals surface area contributed by atoms with Crippen LogP contribution < -0.4 is 20.1 Å². The second-order valence-corrected chi connectivity index (χ2v) is 8.60. The molecule has 0 saturated carbocycles. The van der Waals surface area contributed by atoms with Crippen LogP contribution in [0.25, 0.3) is 0 Å². The second-order valence-electron chi connectivity index (χ2n) is 8.60. The molecule has 2 N–H and O–H groups in total. The van der Waals surface area contributed by atoms with Crippen molar-refractivity contribution in [1.82, 2.24) is 15.1 Å². The van der Waals surface area contributed by atoms with E-state index in [4.69, 9.17) is 9.47 Å². The SMILES string of the molecule is CCc1ccc([C@@H]2C[C@H](C(F)(F)F)n3ncc(C(=O)NCc4ccc5c(c4)OCCO5)c3N2)cc1. The fraction of sp³-hybridized carbons (Fsp3) is 0.360. The number of alkyl halides is 3. The van der Waals surface area contributed by atoms with Gasteiger partial charge in [0.15, 0.2) is 17.5 Å². The Labute approximate surface area is 200 Å². The van der Waals surface area contributed by atoms with Gasteiger partial charge in [0.05, 0.1) is 12.2 Å². The molecule has 5 rings (SSSR count). The maximum atomic E-state index is 13.9. The summed E-state index contributed by atoms with van der Waals surface area (Å²) in [6, 6.07) is 10.4. The van der Waals surface area contributed by atoms with Crippen molar-refractivity contribution in [2.24, 2.45) is 0 Å². The molecule has 2 aliphatic heterocycles. The number of fused-ring (bicyclic) bond motifs is 2. The molecule has 184 valence electrons. The van der Waals surface area contributed by atoms with Gasteiger partial charge >= 0.3 is 6.18 Å². The van der Waals surface area contributed by atoms with E-state index < -0.39 is 24.2 Å². The van der Waals surface area contributed by atoms with Crippen LogP contribution in [0.1, 0.15) is 52.5 Å². The van der Waals surface area contributed by atoms with Gasteiger partial charge in [-0.1, -0.05) is 37.3 Å². The third-order valence-corrected chi connectivity index (χ3v) is 6.33. The molecular formula is C25H25F3N4O3. The lowest BCUT2D eigenvalue weighted by Gasteiger charge is -2.34. The van der Waals surface area contributed by atoms with Crippen molar-refractivity contribution < 1.29 is 27.4 Å². The zero-order valence-electron chi connectivity index (χ0n) is 19.1. The van der Waals surface area contributed by atoms with Crippen LogP contribution in [-0.2, 0) is 13.0 Å². The van der Waals surface area contributed by atoms with E-state index in [2.05, 4.69) is 15.7 Å². The van der Waals surface area contributed by atoms with Gasteiger partial charge in [-0.2, -0.15) is 18.3 Å². The topological polar surface area (TPSA) is 77.4 Å². The van der Waals surface area contributed by atoms with Crippen LogP contribution >= 0.6 is 0 Å². The number of benzene rings is 2. The monoisotopic (exact) mass is 486 g/mol. The normalized spacial score (nSPS) is 19.0. The van der Waals surface area contributed by atoms with Gasteiger partial charge in [-0.15, -0.1) is 0 Å². The van der Waals surface area contributed by atoms with Crippen LogP contribution in [-0.4, -0.2) is 35.1 Å². The summed E-state index contributed by atoms with van der Waals surface area (Å²) in [5.74, 6) is 0.773. The van der Waals surface area contributed by atoms with Crippen LogP contribution in [0.4, 0.5) is 19.0 Å². The lowest BCUT2D eigenvalue weighted by atomic mass is 9.95. The molecule has 0 aliphatic carbocycles. The zero-order valence-corrected chi connectivity index (χ0v) is 19.1. The predicted molar refractivity (Wildman–Crippen MR) is 123 cm³/mol. The Bertz CT molecular complexity index is 1220. The van der Waals surface area contributed by atoms with Crippen LogP contribution in [0.3, 0.4) is 0 Å². The Morgan fingerprint density at radius 3 is 2.54 bits per heavy atom. The van der Waals surface area contributed by atoms with Gasteiger partial charge in [0.1, 0.15) is 24.6 Å². The summed E-state index contributed by atoms with van der Waals surface area (Å²) >= 11 is 0. The number of aromatic nitrogens is 2. The molecule has 0 bridgehead atoms. The summed E-state index contributed by atoms with van der Waals surface area (Å²) in [4.78, 5) is 13.0. The fourth-order valence-electron chi connectivity index (χ4n) is 4.41. The first-order valence-corrected chi connectivity index (χ1v) is 11.5. The molecular weight excluding hydrogens is 461 g/mol. The van der Waals surface area contributed by atoms with E-state index in [-0.39, 0.29) is 24.3 Å². The third-order valence-electron chi connectivity index (χ3n) is 6.33. The van der Waals surface area contributed by atoms with Crippen molar-refractivity contribution in [3.05, 3.63) is 70.9 Å². The molecule has 7 nitrogen and oxygen atoms in total. The smallest absolute Gasteiger partial charge is 0.410 e. The highest BCUT2D eigenvalue weighted by Gasteiger charge is 2.47. The lowest BCUT2D eigenvalue weighted by molar-refractivity contribution is -0.173. The zero-order chi connectivity index (χ0) is 24.6. The average molecular weight is 486 g/mol. The average Bonchev–Trinajstić information content (AvgIpc) is 3.30. The maximum Gasteiger partial charge on any atom is 0.410 e. The van der Waals surface area contributed by atoms with E-state index in [0.29, 0.717) is 24.7 Å². The van der Waals surface area contributed by atoms with Crippen molar-refractivity contribution in [3.63, 3.8) is 0 Å². The molecule has 3 heterocycles. The first-order chi connectivity index (χ1) is 16.8. The number of nitrogens with zero attached hydrogens (tertiary/aromatic N) is 2. The number of hydrogen-bond acceptors (Lipinski definition) is 5. The van der Waals surface area contributed by atoms with Crippen molar-refractivity contribution in [1.29, 1.82) is 0 Å². The minimum atomic E-state index is -4.51. The molecule has 3 aromatic rings. The minimum absolute atomic E-state index is 0.0582. The first-order valence-electron chi connectivity index (χ1n) is 11.5. The summed E-state index contributed by atoms with van der Waals surface area (Å²) in [5.41, 5.74) is 2.66. The number of halogens is 3. The highest BCUT2D eigenvalue weighted by molar-refractivity contribution is 5.98. The van der Waals surface area contributed by atoms with E-state index in [1.807, 2.05) is 31.2 Å². The van der Waals surface area contributed by atoms with Gasteiger partial charge in [-0.25, -0.2) is 4.68 Å². The Morgan fingerprint density at radius 1 is 1.11 bits per heavy atom. The largest absolute Gasteiger partial charge is 0.486 e. The quantitative estimate of drug-likeness (QED) is 0.542. The van der Waals surface area contributed by atoms with Gasteiger partial charge in [-0.05, 0) is 35.2 Å². The molecule has 35 heavy (non-hydrogen) atoms. The molecule has 2 aromatic carbocycles. The van der Waals surface area contributed by atoms with Crippen LogP contribution in [0.5, 0.6) is 11.5 Å². The van der Waals surface area contributed by atoms with Gasteiger partial charge in [-0.3, -0.25) is 4.79 Å². The van der Waals surface area contributed by atoms with Gasteiger partial charge in [0.25, 0.3) is 5.91 Å². The van der Waals surface area contributed by atoms with Crippen molar-refractivity contribution in [2.45, 2.75) is 44.6 Å². The number of aryl methyl sites for hydroxylation is 1.